The molecule has 0 radical (unpaired) electrons. The van der Waals surface area contributed by atoms with E-state index < -0.39 is 15.3 Å². The number of benzene rings is 1. The zero-order valence-corrected chi connectivity index (χ0v) is 12.2. The van der Waals surface area contributed by atoms with Crippen LogP contribution in [0.5, 0.6) is 5.75 Å². The first-order chi connectivity index (χ1) is 9.50. The van der Waals surface area contributed by atoms with Crippen LogP contribution in [0, 0.1) is 12.3 Å². The van der Waals surface area contributed by atoms with Gasteiger partial charge in [0.05, 0.1) is 12.2 Å². The zero-order valence-electron chi connectivity index (χ0n) is 11.4. The molecule has 1 unspecified atom stereocenters. The highest BCUT2D eigenvalue weighted by Crippen LogP contribution is 2.44. The average molecular weight is 291 g/mol. The third kappa shape index (κ3) is 2.14. The molecule has 0 aromatic heterocycles. The molecule has 1 aliphatic carbocycles. The van der Waals surface area contributed by atoms with E-state index in [9.17, 15) is 8.42 Å². The molecular formula is C15H17NO3S. The number of nitrogens with one attached hydrogen (secondary N) is 1. The molecule has 0 saturated heterocycles. The molecule has 1 aromatic carbocycles. The van der Waals surface area contributed by atoms with Crippen molar-refractivity contribution < 1.29 is 13.2 Å². The Morgan fingerprint density at radius 1 is 1.45 bits per heavy atom. The molecular weight excluding hydrogens is 274 g/mol. The molecule has 0 fully saturated rings. The van der Waals surface area contributed by atoms with Crippen LogP contribution >= 0.6 is 0 Å². The monoisotopic (exact) mass is 291 g/mol. The van der Waals surface area contributed by atoms with Crippen LogP contribution in [0.25, 0.3) is 0 Å². The van der Waals surface area contributed by atoms with Gasteiger partial charge < -0.3 is 10.1 Å². The molecule has 2 aliphatic rings. The van der Waals surface area contributed by atoms with Gasteiger partial charge in [-0.05, 0) is 30.4 Å². The van der Waals surface area contributed by atoms with Crippen LogP contribution in [0.3, 0.4) is 0 Å². The first kappa shape index (κ1) is 13.3. The van der Waals surface area contributed by atoms with E-state index in [0.29, 0.717) is 18.7 Å². The van der Waals surface area contributed by atoms with E-state index in [0.717, 1.165) is 30.5 Å². The lowest BCUT2D eigenvalue weighted by molar-refractivity contribution is 0.308. The van der Waals surface area contributed by atoms with E-state index in [1.807, 2.05) is 0 Å². The predicted octanol–water partition coefficient (Wildman–Crippen LogP) is 1.53. The van der Waals surface area contributed by atoms with Crippen molar-refractivity contribution in [1.82, 2.24) is 0 Å². The van der Waals surface area contributed by atoms with Gasteiger partial charge in [0.1, 0.15) is 5.75 Å². The van der Waals surface area contributed by atoms with Crippen LogP contribution in [-0.2, 0) is 29.1 Å². The number of hydrogen-bond acceptors (Lipinski definition) is 4. The van der Waals surface area contributed by atoms with Gasteiger partial charge in [-0.2, -0.15) is 0 Å². The van der Waals surface area contributed by atoms with Crippen LogP contribution in [0.1, 0.15) is 23.1 Å². The standard InChI is InChI=1S/C15H17NO3S/c1-3-7-16-14-12-6-4-5-10(12)8-11-9-13(19-15(11)14)20(2,17)18/h1,8,13,16H,4-7,9H2,2H3. The second kappa shape index (κ2) is 4.71. The first-order valence-corrected chi connectivity index (χ1v) is 8.66. The summed E-state index contributed by atoms with van der Waals surface area (Å²) in [6, 6.07) is 2.10. The number of rotatable bonds is 3. The lowest BCUT2D eigenvalue weighted by Crippen LogP contribution is -2.24. The molecule has 4 nitrogen and oxygen atoms in total. The molecule has 5 heteroatoms. The van der Waals surface area contributed by atoms with Gasteiger partial charge in [0.25, 0.3) is 0 Å². The van der Waals surface area contributed by atoms with Gasteiger partial charge in [-0.1, -0.05) is 12.0 Å². The number of ether oxygens (including phenoxy) is 1. The summed E-state index contributed by atoms with van der Waals surface area (Å²) in [5.74, 6) is 3.23. The quantitative estimate of drug-likeness (QED) is 0.858. The highest BCUT2D eigenvalue weighted by Gasteiger charge is 2.35. The van der Waals surface area contributed by atoms with Gasteiger partial charge in [0.2, 0.25) is 5.44 Å². The Morgan fingerprint density at radius 2 is 2.25 bits per heavy atom. The highest BCUT2D eigenvalue weighted by molar-refractivity contribution is 7.91. The largest absolute Gasteiger partial charge is 0.472 e. The first-order valence-electron chi connectivity index (χ1n) is 6.71. The van der Waals surface area contributed by atoms with E-state index in [-0.39, 0.29) is 0 Å². The summed E-state index contributed by atoms with van der Waals surface area (Å²) >= 11 is 0. The fraction of sp³-hybridized carbons (Fsp3) is 0.467. The second-order valence-corrected chi connectivity index (χ2v) is 7.55. The minimum atomic E-state index is -3.21. The van der Waals surface area contributed by atoms with Gasteiger partial charge in [0.15, 0.2) is 9.84 Å². The molecule has 1 N–H and O–H groups in total. The van der Waals surface area contributed by atoms with Crippen molar-refractivity contribution in [3.05, 3.63) is 22.8 Å². The van der Waals surface area contributed by atoms with Gasteiger partial charge in [0, 0.05) is 18.2 Å². The smallest absolute Gasteiger partial charge is 0.203 e. The Balaban J connectivity index is 2.05. The maximum atomic E-state index is 11.7. The minimum absolute atomic E-state index is 0.412. The third-order valence-corrected chi connectivity index (χ3v) is 5.13. The second-order valence-electron chi connectivity index (χ2n) is 5.37. The fourth-order valence-corrected chi connectivity index (χ4v) is 3.74. The summed E-state index contributed by atoms with van der Waals surface area (Å²) < 4.78 is 29.1. The minimum Gasteiger partial charge on any atom is -0.472 e. The van der Waals surface area contributed by atoms with Crippen molar-refractivity contribution in [3.8, 4) is 18.1 Å². The van der Waals surface area contributed by atoms with E-state index in [1.165, 1.54) is 17.4 Å². The predicted molar refractivity (Wildman–Crippen MR) is 78.8 cm³/mol. The number of sulfone groups is 1. The molecule has 0 saturated carbocycles. The number of aryl methyl sites for hydroxylation is 1. The molecule has 0 amide bonds. The zero-order chi connectivity index (χ0) is 14.3. The fourth-order valence-electron chi connectivity index (χ4n) is 2.99. The van der Waals surface area contributed by atoms with Crippen molar-refractivity contribution in [2.75, 3.05) is 18.1 Å². The van der Waals surface area contributed by atoms with Crippen LogP contribution in [0.2, 0.25) is 0 Å². The number of fused-ring (bicyclic) bond motifs is 2. The Bertz CT molecular complexity index is 701. The molecule has 106 valence electrons. The van der Waals surface area contributed by atoms with Gasteiger partial charge >= 0.3 is 0 Å². The lowest BCUT2D eigenvalue weighted by Gasteiger charge is -2.15. The van der Waals surface area contributed by atoms with Crippen LogP contribution in [-0.4, -0.2) is 26.7 Å². The van der Waals surface area contributed by atoms with Gasteiger partial charge in [-0.25, -0.2) is 8.42 Å². The number of anilines is 1. The van der Waals surface area contributed by atoms with Crippen molar-refractivity contribution in [2.45, 2.75) is 31.1 Å². The molecule has 0 bridgehead atoms. The maximum absolute atomic E-state index is 11.7. The number of terminal acetylenes is 1. The highest BCUT2D eigenvalue weighted by atomic mass is 32.2. The molecule has 1 atom stereocenters. The molecule has 0 spiro atoms. The molecule has 20 heavy (non-hydrogen) atoms. The lowest BCUT2D eigenvalue weighted by atomic mass is 10.0. The average Bonchev–Trinajstić information content (AvgIpc) is 2.99. The van der Waals surface area contributed by atoms with E-state index in [4.69, 9.17) is 11.2 Å². The molecule has 1 heterocycles. The Morgan fingerprint density at radius 3 is 2.95 bits per heavy atom. The Kier molecular flexibility index (Phi) is 3.14. The summed E-state index contributed by atoms with van der Waals surface area (Å²) in [5, 5.41) is 3.21. The van der Waals surface area contributed by atoms with Gasteiger partial charge in [-0.15, -0.1) is 6.42 Å². The van der Waals surface area contributed by atoms with Crippen molar-refractivity contribution >= 4 is 15.5 Å². The van der Waals surface area contributed by atoms with Crippen molar-refractivity contribution in [1.29, 1.82) is 0 Å². The molecule has 1 aliphatic heterocycles. The Hall–Kier alpha value is -1.67. The third-order valence-electron chi connectivity index (χ3n) is 3.91. The van der Waals surface area contributed by atoms with Crippen molar-refractivity contribution in [3.63, 3.8) is 0 Å². The summed E-state index contributed by atoms with van der Waals surface area (Å²) in [4.78, 5) is 0. The van der Waals surface area contributed by atoms with Crippen LogP contribution in [0.15, 0.2) is 6.07 Å². The van der Waals surface area contributed by atoms with Crippen LogP contribution in [0.4, 0.5) is 5.69 Å². The molecule has 3 rings (SSSR count). The topological polar surface area (TPSA) is 55.4 Å². The summed E-state index contributed by atoms with van der Waals surface area (Å²) in [7, 11) is -3.21. The van der Waals surface area contributed by atoms with Crippen molar-refractivity contribution in [2.24, 2.45) is 0 Å². The molecule has 1 aromatic rings. The van der Waals surface area contributed by atoms with E-state index >= 15 is 0 Å². The normalized spacial score (nSPS) is 19.9. The summed E-state index contributed by atoms with van der Waals surface area (Å²) in [6.45, 7) is 0.412. The van der Waals surface area contributed by atoms with E-state index in [2.05, 4.69) is 17.3 Å². The summed E-state index contributed by atoms with van der Waals surface area (Å²) in [6.07, 6.45) is 10.1. The van der Waals surface area contributed by atoms with Crippen LogP contribution < -0.4 is 10.1 Å². The maximum Gasteiger partial charge on any atom is 0.203 e. The number of hydrogen-bond donors (Lipinski definition) is 1. The summed E-state index contributed by atoms with van der Waals surface area (Å²) in [5.41, 5.74) is 3.63. The SMILES string of the molecule is C#CCNc1c2c(cc3c1OC(S(C)(=O)=O)C3)CCC2. The van der Waals surface area contributed by atoms with Gasteiger partial charge in [-0.3, -0.25) is 0 Å². The van der Waals surface area contributed by atoms with E-state index in [1.54, 1.807) is 0 Å². The Labute approximate surface area is 119 Å².